The van der Waals surface area contributed by atoms with E-state index in [4.69, 9.17) is 18.9 Å². The highest BCUT2D eigenvalue weighted by molar-refractivity contribution is 8.15. The van der Waals surface area contributed by atoms with Crippen molar-refractivity contribution in [3.8, 4) is 0 Å². The van der Waals surface area contributed by atoms with Crippen molar-refractivity contribution in [3.05, 3.63) is 23.3 Å². The van der Waals surface area contributed by atoms with Gasteiger partial charge in [-0.1, -0.05) is 30.2 Å². The molecular formula is C26H38O4S2. The third-order valence-corrected chi connectivity index (χ3v) is 11.8. The molecule has 178 valence electrons. The van der Waals surface area contributed by atoms with Gasteiger partial charge in [0.05, 0.1) is 26.4 Å². The lowest BCUT2D eigenvalue weighted by Crippen LogP contribution is -2.52. The predicted molar refractivity (Wildman–Crippen MR) is 131 cm³/mol. The number of fused-ring (bicyclic) bond motifs is 6. The minimum absolute atomic E-state index is 0.103. The van der Waals surface area contributed by atoms with Crippen LogP contribution in [0.2, 0.25) is 0 Å². The van der Waals surface area contributed by atoms with Crippen LogP contribution < -0.4 is 0 Å². The lowest BCUT2D eigenvalue weighted by Gasteiger charge is -2.56. The second-order valence-corrected chi connectivity index (χ2v) is 13.2. The number of allylic oxidation sites excluding steroid dienone is 3. The maximum Gasteiger partial charge on any atom is 0.174 e. The number of ether oxygens (including phenoxy) is 4. The molecule has 2 saturated carbocycles. The van der Waals surface area contributed by atoms with E-state index in [-0.39, 0.29) is 22.4 Å². The van der Waals surface area contributed by atoms with Crippen LogP contribution in [-0.4, -0.2) is 55.1 Å². The third kappa shape index (κ3) is 3.19. The van der Waals surface area contributed by atoms with Gasteiger partial charge >= 0.3 is 0 Å². The highest BCUT2D eigenvalue weighted by Gasteiger charge is 2.65. The Labute approximate surface area is 201 Å². The van der Waals surface area contributed by atoms with E-state index >= 15 is 0 Å². The van der Waals surface area contributed by atoms with Gasteiger partial charge in [0.1, 0.15) is 0 Å². The van der Waals surface area contributed by atoms with E-state index in [2.05, 4.69) is 37.1 Å². The first-order valence-electron chi connectivity index (χ1n) is 12.6. The monoisotopic (exact) mass is 478 g/mol. The second-order valence-electron chi connectivity index (χ2n) is 10.9. The topological polar surface area (TPSA) is 36.9 Å². The Balaban J connectivity index is 1.34. The maximum absolute atomic E-state index is 6.33. The standard InChI is InChI=1S/C26H38O4S2/c1-23-7-5-22-20(21(23)6-8-26(23)29-14-15-30-26)4-3-19-17-25(27-12-13-28-25)10-9-24(19,22)11-16-32-18-31-2/h3,5,20-21H,4,6-18H2,1-2H3/t20-,21-,23-,24+/m0/s1. The Bertz CT molecular complexity index is 798. The molecule has 2 saturated heterocycles. The number of hydrogen-bond acceptors (Lipinski definition) is 6. The van der Waals surface area contributed by atoms with Crippen LogP contribution in [0.15, 0.2) is 23.3 Å². The van der Waals surface area contributed by atoms with Crippen molar-refractivity contribution in [2.45, 2.75) is 69.9 Å². The lowest BCUT2D eigenvalue weighted by molar-refractivity contribution is -0.228. The molecule has 6 aliphatic rings. The van der Waals surface area contributed by atoms with Gasteiger partial charge in [0.15, 0.2) is 11.6 Å². The fourth-order valence-corrected chi connectivity index (χ4v) is 9.82. The molecule has 0 unspecified atom stereocenters. The molecule has 0 aromatic rings. The molecule has 0 amide bonds. The van der Waals surface area contributed by atoms with Crippen molar-refractivity contribution in [3.63, 3.8) is 0 Å². The van der Waals surface area contributed by atoms with Gasteiger partial charge in [-0.25, -0.2) is 0 Å². The molecule has 4 fully saturated rings. The quantitative estimate of drug-likeness (QED) is 0.283. The zero-order valence-corrected chi connectivity index (χ0v) is 21.3. The van der Waals surface area contributed by atoms with E-state index in [9.17, 15) is 0 Å². The van der Waals surface area contributed by atoms with Crippen LogP contribution in [0.1, 0.15) is 58.3 Å². The number of thioether (sulfide) groups is 2. The molecule has 2 heterocycles. The minimum atomic E-state index is -0.346. The molecule has 4 aliphatic carbocycles. The van der Waals surface area contributed by atoms with Crippen LogP contribution in [0.25, 0.3) is 0 Å². The summed E-state index contributed by atoms with van der Waals surface area (Å²) in [5.74, 6) is 1.84. The van der Waals surface area contributed by atoms with E-state index in [1.807, 2.05) is 11.8 Å². The molecule has 6 rings (SSSR count). The summed E-state index contributed by atoms with van der Waals surface area (Å²) in [5, 5.41) is 1.19. The molecule has 0 radical (unpaired) electrons. The van der Waals surface area contributed by atoms with Crippen molar-refractivity contribution < 1.29 is 18.9 Å². The van der Waals surface area contributed by atoms with Gasteiger partial charge in [-0.3, -0.25) is 0 Å². The average Bonchev–Trinajstić information content (AvgIpc) is 3.53. The highest BCUT2D eigenvalue weighted by atomic mass is 32.2. The van der Waals surface area contributed by atoms with Gasteiger partial charge in [0.2, 0.25) is 0 Å². The van der Waals surface area contributed by atoms with Gasteiger partial charge in [-0.2, -0.15) is 23.5 Å². The third-order valence-electron chi connectivity index (χ3n) is 9.72. The number of hydrogen-bond donors (Lipinski definition) is 0. The van der Waals surface area contributed by atoms with Crippen LogP contribution in [-0.2, 0) is 18.9 Å². The van der Waals surface area contributed by atoms with Crippen LogP contribution in [0, 0.1) is 22.7 Å². The predicted octanol–water partition coefficient (Wildman–Crippen LogP) is 5.78. The smallest absolute Gasteiger partial charge is 0.174 e. The normalized spacial score (nSPS) is 41.3. The van der Waals surface area contributed by atoms with Crippen molar-refractivity contribution >= 4 is 23.5 Å². The molecule has 4 nitrogen and oxygen atoms in total. The summed E-state index contributed by atoms with van der Waals surface area (Å²) in [7, 11) is 0. The Kier molecular flexibility index (Phi) is 5.83. The van der Waals surface area contributed by atoms with Gasteiger partial charge in [0.25, 0.3) is 0 Å². The maximum atomic E-state index is 6.33. The summed E-state index contributed by atoms with van der Waals surface area (Å²) < 4.78 is 25.0. The van der Waals surface area contributed by atoms with Crippen molar-refractivity contribution in [1.82, 2.24) is 0 Å². The molecular weight excluding hydrogens is 440 g/mol. The zero-order chi connectivity index (χ0) is 21.9. The van der Waals surface area contributed by atoms with Crippen LogP contribution in [0.4, 0.5) is 0 Å². The molecule has 6 heteroatoms. The second kappa shape index (κ2) is 8.30. The lowest BCUT2D eigenvalue weighted by atomic mass is 9.50. The molecule has 0 N–H and O–H groups in total. The van der Waals surface area contributed by atoms with Gasteiger partial charge in [-0.15, -0.1) is 0 Å². The summed E-state index contributed by atoms with van der Waals surface area (Å²) >= 11 is 4.04. The first-order chi connectivity index (χ1) is 15.6. The van der Waals surface area contributed by atoms with Crippen LogP contribution >= 0.6 is 23.5 Å². The van der Waals surface area contributed by atoms with Crippen LogP contribution in [0.5, 0.6) is 0 Å². The van der Waals surface area contributed by atoms with Crippen molar-refractivity contribution in [2.75, 3.05) is 43.5 Å². The average molecular weight is 479 g/mol. The molecule has 4 atom stereocenters. The summed E-state index contributed by atoms with van der Waals surface area (Å²) in [6.45, 7) is 5.47. The summed E-state index contributed by atoms with van der Waals surface area (Å²) in [5.41, 5.74) is 3.68. The SMILES string of the molecule is CSCSCC[C@]12CCC3(CC1=CC[C@@H]1C2=CC[C@@]2(C)[C@H]1CCC21OCCO1)OCCO3. The van der Waals surface area contributed by atoms with E-state index in [0.717, 1.165) is 58.5 Å². The van der Waals surface area contributed by atoms with Gasteiger partial charge in [0, 0.05) is 35.2 Å². The fourth-order valence-electron chi connectivity index (χ4n) is 8.19. The summed E-state index contributed by atoms with van der Waals surface area (Å²) in [6, 6.07) is 0. The largest absolute Gasteiger partial charge is 0.347 e. The first kappa shape index (κ1) is 22.5. The molecule has 0 aromatic carbocycles. The van der Waals surface area contributed by atoms with E-state index in [1.165, 1.54) is 30.1 Å². The molecule has 0 aromatic heterocycles. The molecule has 0 bridgehead atoms. The molecule has 2 spiro atoms. The van der Waals surface area contributed by atoms with Crippen LogP contribution in [0.3, 0.4) is 0 Å². The summed E-state index contributed by atoms with van der Waals surface area (Å²) in [6.07, 6.45) is 16.4. The Morgan fingerprint density at radius 2 is 1.78 bits per heavy atom. The van der Waals surface area contributed by atoms with Gasteiger partial charge in [-0.05, 0) is 55.9 Å². The van der Waals surface area contributed by atoms with E-state index in [0.29, 0.717) is 11.8 Å². The van der Waals surface area contributed by atoms with Crippen molar-refractivity contribution in [2.24, 2.45) is 22.7 Å². The summed E-state index contributed by atoms with van der Waals surface area (Å²) in [4.78, 5) is 0. The van der Waals surface area contributed by atoms with E-state index in [1.54, 1.807) is 11.1 Å². The Morgan fingerprint density at radius 3 is 2.56 bits per heavy atom. The van der Waals surface area contributed by atoms with Gasteiger partial charge < -0.3 is 18.9 Å². The Hall–Kier alpha value is 0.0200. The van der Waals surface area contributed by atoms with E-state index < -0.39 is 0 Å². The molecule has 32 heavy (non-hydrogen) atoms. The Morgan fingerprint density at radius 1 is 1.00 bits per heavy atom. The fraction of sp³-hybridized carbons (Fsp3) is 0.846. The first-order valence-corrected chi connectivity index (χ1v) is 15.1. The zero-order valence-electron chi connectivity index (χ0n) is 19.7. The van der Waals surface area contributed by atoms with Crippen molar-refractivity contribution in [1.29, 1.82) is 0 Å². The molecule has 2 aliphatic heterocycles. The minimum Gasteiger partial charge on any atom is -0.347 e. The highest BCUT2D eigenvalue weighted by Crippen LogP contribution is 2.68. The number of rotatable bonds is 5.